The Morgan fingerprint density at radius 2 is 2.20 bits per heavy atom. The van der Waals surface area contributed by atoms with Gasteiger partial charge in [-0.1, -0.05) is 0 Å². The summed E-state index contributed by atoms with van der Waals surface area (Å²) < 4.78 is 5.97. The van der Waals surface area contributed by atoms with Crippen molar-refractivity contribution in [1.82, 2.24) is 15.6 Å². The van der Waals surface area contributed by atoms with Gasteiger partial charge in [0.25, 0.3) is 0 Å². The van der Waals surface area contributed by atoms with Crippen LogP contribution in [-0.4, -0.2) is 28.3 Å². The summed E-state index contributed by atoms with van der Waals surface area (Å²) in [6, 6.07) is -0.141. The van der Waals surface area contributed by atoms with Crippen molar-refractivity contribution in [2.24, 2.45) is 0 Å². The molecule has 1 aliphatic heterocycles. The van der Waals surface area contributed by atoms with Crippen molar-refractivity contribution in [3.8, 4) is 0 Å². The summed E-state index contributed by atoms with van der Waals surface area (Å²) in [5.74, 6) is 0. The van der Waals surface area contributed by atoms with Gasteiger partial charge < -0.3 is 15.4 Å². The monoisotopic (exact) mass is 297 g/mol. The van der Waals surface area contributed by atoms with E-state index >= 15 is 0 Å². The minimum absolute atomic E-state index is 0.0139. The minimum atomic E-state index is -0.346. The van der Waals surface area contributed by atoms with Crippen LogP contribution < -0.4 is 10.6 Å². The van der Waals surface area contributed by atoms with Crippen LogP contribution in [0.2, 0.25) is 0 Å². The first-order valence-corrected chi connectivity index (χ1v) is 7.71. The number of carbonyl (C=O) groups excluding carboxylic acids is 1. The lowest BCUT2D eigenvalue weighted by Crippen LogP contribution is -2.49. The number of nitrogens with one attached hydrogen (secondary N) is 2. The van der Waals surface area contributed by atoms with Crippen LogP contribution in [0.1, 0.15) is 44.7 Å². The van der Waals surface area contributed by atoms with Crippen molar-refractivity contribution >= 4 is 17.4 Å². The molecular formula is C14H23N3O2S. The first-order valence-electron chi connectivity index (χ1n) is 6.83. The smallest absolute Gasteiger partial charge is 0.315 e. The largest absolute Gasteiger partial charge is 0.367 e. The Balaban J connectivity index is 1.87. The molecule has 1 fully saturated rings. The fourth-order valence-electron chi connectivity index (χ4n) is 2.65. The van der Waals surface area contributed by atoms with Gasteiger partial charge in [-0.25, -0.2) is 9.78 Å². The number of amides is 2. The van der Waals surface area contributed by atoms with E-state index in [1.54, 1.807) is 16.8 Å². The maximum Gasteiger partial charge on any atom is 0.315 e. The summed E-state index contributed by atoms with van der Waals surface area (Å²) in [4.78, 5) is 17.3. The average molecular weight is 297 g/mol. The Morgan fingerprint density at radius 1 is 1.50 bits per heavy atom. The minimum Gasteiger partial charge on any atom is -0.367 e. The average Bonchev–Trinajstić information content (AvgIpc) is 2.77. The molecule has 1 unspecified atom stereocenters. The molecule has 0 radical (unpaired) electrons. The fourth-order valence-corrected chi connectivity index (χ4v) is 3.37. The molecule has 2 rings (SSSR count). The Labute approximate surface area is 124 Å². The molecule has 2 N–H and O–H groups in total. The van der Waals surface area contributed by atoms with Crippen LogP contribution in [-0.2, 0) is 11.3 Å². The van der Waals surface area contributed by atoms with Gasteiger partial charge in [-0.3, -0.25) is 0 Å². The number of ether oxygens (including phenoxy) is 1. The second-order valence-corrected chi connectivity index (χ2v) is 7.35. The summed E-state index contributed by atoms with van der Waals surface area (Å²) in [5.41, 5.74) is 2.22. The molecule has 0 aliphatic carbocycles. The van der Waals surface area contributed by atoms with Gasteiger partial charge in [-0.2, -0.15) is 0 Å². The molecule has 2 amide bonds. The van der Waals surface area contributed by atoms with Crippen LogP contribution in [0.25, 0.3) is 0 Å². The van der Waals surface area contributed by atoms with Gasteiger partial charge in [0.05, 0.1) is 35.0 Å². The molecule has 1 atom stereocenters. The van der Waals surface area contributed by atoms with Crippen molar-refractivity contribution in [2.75, 3.05) is 0 Å². The molecule has 0 saturated carbocycles. The normalized spacial score (nSPS) is 23.6. The van der Waals surface area contributed by atoms with E-state index in [0.29, 0.717) is 6.54 Å². The highest BCUT2D eigenvalue weighted by Crippen LogP contribution is 2.37. The van der Waals surface area contributed by atoms with Crippen LogP contribution in [0.5, 0.6) is 0 Å². The molecule has 6 heteroatoms. The molecule has 1 aromatic heterocycles. The molecule has 1 saturated heterocycles. The summed E-state index contributed by atoms with van der Waals surface area (Å²) in [6.07, 6.45) is 0.813. The Bertz CT molecular complexity index is 496. The second-order valence-electron chi connectivity index (χ2n) is 6.41. The summed E-state index contributed by atoms with van der Waals surface area (Å²) in [6.45, 7) is 10.6. The number of thiazole rings is 1. The van der Waals surface area contributed by atoms with E-state index in [-0.39, 0.29) is 23.3 Å². The molecule has 0 spiro atoms. The third-order valence-corrected chi connectivity index (χ3v) is 4.57. The number of rotatable bonds is 3. The number of carbonyl (C=O) groups is 1. The van der Waals surface area contributed by atoms with Gasteiger partial charge >= 0.3 is 6.03 Å². The van der Waals surface area contributed by atoms with Crippen molar-refractivity contribution in [3.05, 3.63) is 16.1 Å². The SMILES string of the molecule is Cc1ncsc1CNC(=O)NC1CC(C)(C)OC1(C)C. The standard InChI is InChI=1S/C14H23N3O2S/c1-9-10(20-8-16-9)7-15-12(18)17-11-6-13(2,3)19-14(11,4)5/h8,11H,6-7H2,1-5H3,(H2,15,17,18). The molecule has 0 aromatic carbocycles. The highest BCUT2D eigenvalue weighted by Gasteiger charge is 2.46. The predicted octanol–water partition coefficient (Wildman–Crippen LogP) is 2.60. The van der Waals surface area contributed by atoms with E-state index in [9.17, 15) is 4.79 Å². The lowest BCUT2D eigenvalue weighted by Gasteiger charge is -2.27. The highest BCUT2D eigenvalue weighted by molar-refractivity contribution is 7.09. The number of urea groups is 1. The van der Waals surface area contributed by atoms with Gasteiger partial charge in [-0.15, -0.1) is 11.3 Å². The topological polar surface area (TPSA) is 63.2 Å². The van der Waals surface area contributed by atoms with Gasteiger partial charge in [0.2, 0.25) is 0 Å². The fraction of sp³-hybridized carbons (Fsp3) is 0.714. The third-order valence-electron chi connectivity index (χ3n) is 3.63. The molecule has 2 heterocycles. The number of hydrogen-bond acceptors (Lipinski definition) is 4. The second kappa shape index (κ2) is 5.33. The lowest BCUT2D eigenvalue weighted by atomic mass is 9.95. The van der Waals surface area contributed by atoms with Crippen LogP contribution in [0.3, 0.4) is 0 Å². The van der Waals surface area contributed by atoms with E-state index in [0.717, 1.165) is 17.0 Å². The maximum atomic E-state index is 12.0. The van der Waals surface area contributed by atoms with Gasteiger partial charge in [0, 0.05) is 4.88 Å². The number of nitrogens with zero attached hydrogens (tertiary/aromatic N) is 1. The zero-order chi connectivity index (χ0) is 15.0. The maximum absolute atomic E-state index is 12.0. The van der Waals surface area contributed by atoms with Crippen molar-refractivity contribution in [2.45, 2.75) is 64.8 Å². The molecule has 112 valence electrons. The van der Waals surface area contributed by atoms with Gasteiger partial charge in [0.15, 0.2) is 0 Å². The van der Waals surface area contributed by atoms with Crippen LogP contribution in [0.15, 0.2) is 5.51 Å². The van der Waals surface area contributed by atoms with Crippen molar-refractivity contribution in [1.29, 1.82) is 0 Å². The van der Waals surface area contributed by atoms with Crippen molar-refractivity contribution < 1.29 is 9.53 Å². The van der Waals surface area contributed by atoms with E-state index < -0.39 is 0 Å². The summed E-state index contributed by atoms with van der Waals surface area (Å²) in [7, 11) is 0. The zero-order valence-corrected chi connectivity index (χ0v) is 13.6. The van der Waals surface area contributed by atoms with E-state index in [1.807, 2.05) is 20.8 Å². The Hall–Kier alpha value is -1.14. The molecule has 5 nitrogen and oxygen atoms in total. The lowest BCUT2D eigenvalue weighted by molar-refractivity contribution is -0.0690. The Kier molecular flexibility index (Phi) is 4.07. The van der Waals surface area contributed by atoms with E-state index in [2.05, 4.69) is 29.5 Å². The van der Waals surface area contributed by atoms with Crippen LogP contribution in [0, 0.1) is 6.92 Å². The zero-order valence-electron chi connectivity index (χ0n) is 12.7. The van der Waals surface area contributed by atoms with E-state index in [4.69, 9.17) is 4.74 Å². The molecule has 0 bridgehead atoms. The molecular weight excluding hydrogens is 274 g/mol. The van der Waals surface area contributed by atoms with Gasteiger partial charge in [-0.05, 0) is 41.0 Å². The predicted molar refractivity (Wildman–Crippen MR) is 79.9 cm³/mol. The summed E-state index contributed by atoms with van der Waals surface area (Å²) >= 11 is 1.56. The molecule has 1 aromatic rings. The Morgan fingerprint density at radius 3 is 2.70 bits per heavy atom. The van der Waals surface area contributed by atoms with E-state index in [1.165, 1.54) is 0 Å². The first kappa shape index (κ1) is 15.3. The third kappa shape index (κ3) is 3.49. The quantitative estimate of drug-likeness (QED) is 0.901. The van der Waals surface area contributed by atoms with Gasteiger partial charge in [0.1, 0.15) is 0 Å². The number of aryl methyl sites for hydroxylation is 1. The van der Waals surface area contributed by atoms with Crippen LogP contribution >= 0.6 is 11.3 Å². The molecule has 1 aliphatic rings. The summed E-state index contributed by atoms with van der Waals surface area (Å²) in [5, 5.41) is 5.90. The first-order chi connectivity index (χ1) is 9.20. The number of hydrogen-bond donors (Lipinski definition) is 2. The highest BCUT2D eigenvalue weighted by atomic mass is 32.1. The molecule has 20 heavy (non-hydrogen) atoms. The van der Waals surface area contributed by atoms with Crippen molar-refractivity contribution in [3.63, 3.8) is 0 Å². The van der Waals surface area contributed by atoms with Crippen LogP contribution in [0.4, 0.5) is 4.79 Å². The number of aromatic nitrogens is 1.